The van der Waals surface area contributed by atoms with Gasteiger partial charge in [0, 0.05) is 48.3 Å². The maximum atomic E-state index is 6.32. The maximum Gasteiger partial charge on any atom is 0.164 e. The Balaban J connectivity index is 1.54. The van der Waals surface area contributed by atoms with Gasteiger partial charge in [0.2, 0.25) is 0 Å². The number of hydrogen-bond acceptors (Lipinski definition) is 9. The Morgan fingerprint density at radius 3 is 2.74 bits per heavy atom. The molecule has 0 saturated carbocycles. The fourth-order valence-corrected chi connectivity index (χ4v) is 4.07. The minimum absolute atomic E-state index is 0.259. The van der Waals surface area contributed by atoms with E-state index in [1.165, 1.54) is 6.33 Å². The van der Waals surface area contributed by atoms with E-state index in [-0.39, 0.29) is 6.04 Å². The number of aromatic nitrogens is 10. The third-order valence-corrected chi connectivity index (χ3v) is 5.84. The van der Waals surface area contributed by atoms with Crippen LogP contribution in [0.5, 0.6) is 0 Å². The highest BCUT2D eigenvalue weighted by atomic mass is 15.3. The first-order valence-corrected chi connectivity index (χ1v) is 10.6. The lowest BCUT2D eigenvalue weighted by atomic mass is 10.1. The molecule has 6 rings (SSSR count). The van der Waals surface area contributed by atoms with Gasteiger partial charge in [0.05, 0.1) is 35.0 Å². The van der Waals surface area contributed by atoms with E-state index in [1.54, 1.807) is 41.9 Å². The molecule has 2 N–H and O–H groups in total. The molecular formula is C23H19N11. The topological polar surface area (TPSA) is 139 Å². The molecule has 1 unspecified atom stereocenters. The van der Waals surface area contributed by atoms with Crippen molar-refractivity contribution in [3.05, 3.63) is 67.4 Å². The smallest absolute Gasteiger partial charge is 0.164 e. The Morgan fingerprint density at radius 2 is 1.88 bits per heavy atom. The Labute approximate surface area is 193 Å². The van der Waals surface area contributed by atoms with Crippen molar-refractivity contribution in [1.29, 1.82) is 0 Å². The van der Waals surface area contributed by atoms with Crippen LogP contribution in [0.15, 0.2) is 61.7 Å². The Bertz CT molecular complexity index is 1650. The van der Waals surface area contributed by atoms with Gasteiger partial charge >= 0.3 is 0 Å². The van der Waals surface area contributed by atoms with Crippen molar-refractivity contribution in [2.75, 3.05) is 5.73 Å². The molecular weight excluding hydrogens is 430 g/mol. The van der Waals surface area contributed by atoms with Crippen molar-refractivity contribution < 1.29 is 0 Å². The summed E-state index contributed by atoms with van der Waals surface area (Å²) in [5.41, 5.74) is 10.9. The highest BCUT2D eigenvalue weighted by molar-refractivity contribution is 6.04. The molecule has 0 spiro atoms. The molecule has 11 nitrogen and oxygen atoms in total. The second-order valence-electron chi connectivity index (χ2n) is 7.86. The van der Waals surface area contributed by atoms with E-state index in [0.717, 1.165) is 27.7 Å². The highest BCUT2D eigenvalue weighted by Crippen LogP contribution is 2.35. The van der Waals surface area contributed by atoms with Crippen molar-refractivity contribution in [3.63, 3.8) is 0 Å². The molecule has 1 atom stereocenters. The summed E-state index contributed by atoms with van der Waals surface area (Å²) < 4.78 is 3.58. The Morgan fingerprint density at radius 1 is 0.971 bits per heavy atom. The van der Waals surface area contributed by atoms with E-state index in [2.05, 4.69) is 30.0 Å². The standard InChI is InChI=1S/C23H19N11/c1-13(17-5-7-27-22(31-17)14-4-3-6-25-8-14)34-23-19(21(24)28-12-29-23)20(32-34)16-9-26-11-18-15(16)10-30-33(18)2/h3-13H,1-2H3,(H2,24,28,29). The first-order chi connectivity index (χ1) is 16.6. The summed E-state index contributed by atoms with van der Waals surface area (Å²) in [6.07, 6.45) is 12.0. The zero-order valence-electron chi connectivity index (χ0n) is 18.4. The van der Waals surface area contributed by atoms with Crippen LogP contribution in [0.3, 0.4) is 0 Å². The predicted octanol–water partition coefficient (Wildman–Crippen LogP) is 2.82. The van der Waals surface area contributed by atoms with Crippen molar-refractivity contribution in [2.24, 2.45) is 7.05 Å². The van der Waals surface area contributed by atoms with Crippen LogP contribution in [0.1, 0.15) is 18.7 Å². The quantitative estimate of drug-likeness (QED) is 0.430. The van der Waals surface area contributed by atoms with Gasteiger partial charge in [0.15, 0.2) is 11.5 Å². The molecule has 0 aromatic carbocycles. The molecule has 0 aliphatic rings. The summed E-state index contributed by atoms with van der Waals surface area (Å²) in [4.78, 5) is 26.5. The molecule has 0 aliphatic carbocycles. The molecule has 6 aromatic heterocycles. The van der Waals surface area contributed by atoms with Crippen LogP contribution in [-0.4, -0.2) is 49.5 Å². The number of nitrogens with zero attached hydrogens (tertiary/aromatic N) is 10. The van der Waals surface area contributed by atoms with Crippen molar-refractivity contribution in [3.8, 4) is 22.6 Å². The first-order valence-electron chi connectivity index (χ1n) is 10.6. The summed E-state index contributed by atoms with van der Waals surface area (Å²) >= 11 is 0. The molecule has 0 radical (unpaired) electrons. The average molecular weight is 449 g/mol. The molecule has 0 aliphatic heterocycles. The summed E-state index contributed by atoms with van der Waals surface area (Å²) in [7, 11) is 1.87. The lowest BCUT2D eigenvalue weighted by Crippen LogP contribution is -2.12. The van der Waals surface area contributed by atoms with Gasteiger partial charge in [0.1, 0.15) is 17.8 Å². The van der Waals surface area contributed by atoms with Crippen LogP contribution in [0.2, 0.25) is 0 Å². The number of pyridine rings is 2. The second kappa shape index (κ2) is 7.66. The van der Waals surface area contributed by atoms with Gasteiger partial charge in [-0.15, -0.1) is 0 Å². The van der Waals surface area contributed by atoms with E-state index < -0.39 is 0 Å². The summed E-state index contributed by atoms with van der Waals surface area (Å²) in [5, 5.41) is 10.9. The van der Waals surface area contributed by atoms with E-state index in [4.69, 9.17) is 15.8 Å². The van der Waals surface area contributed by atoms with E-state index >= 15 is 0 Å². The number of aryl methyl sites for hydroxylation is 1. The number of anilines is 1. The fraction of sp³-hybridized carbons (Fsp3) is 0.130. The van der Waals surface area contributed by atoms with Crippen LogP contribution < -0.4 is 5.73 Å². The molecule has 0 amide bonds. The van der Waals surface area contributed by atoms with E-state index in [9.17, 15) is 0 Å². The van der Waals surface area contributed by atoms with Gasteiger partial charge in [-0.05, 0) is 25.1 Å². The zero-order valence-corrected chi connectivity index (χ0v) is 18.4. The van der Waals surface area contributed by atoms with Gasteiger partial charge < -0.3 is 5.73 Å². The first kappa shape index (κ1) is 19.9. The molecule has 0 bridgehead atoms. The van der Waals surface area contributed by atoms with Gasteiger partial charge in [-0.1, -0.05) is 0 Å². The number of nitrogens with two attached hydrogens (primary N) is 1. The van der Waals surface area contributed by atoms with Crippen LogP contribution >= 0.6 is 0 Å². The van der Waals surface area contributed by atoms with E-state index in [0.29, 0.717) is 28.4 Å². The third kappa shape index (κ3) is 3.05. The van der Waals surface area contributed by atoms with Gasteiger partial charge in [0.25, 0.3) is 0 Å². The van der Waals surface area contributed by atoms with Crippen LogP contribution in [-0.2, 0) is 7.05 Å². The summed E-state index contributed by atoms with van der Waals surface area (Å²) in [5.74, 6) is 0.936. The maximum absolute atomic E-state index is 6.32. The van der Waals surface area contributed by atoms with Gasteiger partial charge in [-0.2, -0.15) is 10.2 Å². The molecule has 6 aromatic rings. The van der Waals surface area contributed by atoms with Crippen LogP contribution in [0, 0.1) is 0 Å². The Kier molecular flexibility index (Phi) is 4.47. The molecule has 6 heterocycles. The molecule has 34 heavy (non-hydrogen) atoms. The number of hydrogen-bond donors (Lipinski definition) is 1. The lowest BCUT2D eigenvalue weighted by molar-refractivity contribution is 0.566. The summed E-state index contributed by atoms with van der Waals surface area (Å²) in [6.45, 7) is 2.01. The number of fused-ring (bicyclic) bond motifs is 2. The minimum Gasteiger partial charge on any atom is -0.383 e. The normalized spacial score (nSPS) is 12.4. The molecule has 11 heteroatoms. The van der Waals surface area contributed by atoms with E-state index in [1.807, 2.05) is 36.9 Å². The second-order valence-corrected chi connectivity index (χ2v) is 7.86. The zero-order chi connectivity index (χ0) is 23.2. The molecule has 0 saturated heterocycles. The van der Waals surface area contributed by atoms with Crippen molar-refractivity contribution in [2.45, 2.75) is 13.0 Å². The van der Waals surface area contributed by atoms with Crippen LogP contribution in [0.25, 0.3) is 44.6 Å². The largest absolute Gasteiger partial charge is 0.383 e. The monoisotopic (exact) mass is 449 g/mol. The van der Waals surface area contributed by atoms with Gasteiger partial charge in [-0.25, -0.2) is 24.6 Å². The van der Waals surface area contributed by atoms with Crippen molar-refractivity contribution >= 4 is 27.8 Å². The predicted molar refractivity (Wildman–Crippen MR) is 126 cm³/mol. The van der Waals surface area contributed by atoms with Gasteiger partial charge in [-0.3, -0.25) is 14.6 Å². The molecule has 0 fully saturated rings. The van der Waals surface area contributed by atoms with Crippen LogP contribution in [0.4, 0.5) is 5.82 Å². The number of nitrogen functional groups attached to an aromatic ring is 1. The summed E-state index contributed by atoms with van der Waals surface area (Å²) in [6, 6.07) is 5.39. The lowest BCUT2D eigenvalue weighted by Gasteiger charge is -2.13. The highest BCUT2D eigenvalue weighted by Gasteiger charge is 2.23. The SMILES string of the molecule is CC(c1ccnc(-c2cccnc2)n1)n1nc(-c2cncc3c2cnn3C)c2c(N)ncnc21. The average Bonchev–Trinajstić information content (AvgIpc) is 3.46. The fourth-order valence-electron chi connectivity index (χ4n) is 4.07. The number of rotatable bonds is 4. The molecule has 166 valence electrons. The Hall–Kier alpha value is -4.80. The minimum atomic E-state index is -0.259. The third-order valence-electron chi connectivity index (χ3n) is 5.84. The van der Waals surface area contributed by atoms with Crippen molar-refractivity contribution in [1.82, 2.24) is 49.5 Å².